The Morgan fingerprint density at radius 2 is 1.75 bits per heavy atom. The van der Waals surface area contributed by atoms with Gasteiger partial charge in [-0.1, -0.05) is 38.1 Å². The summed E-state index contributed by atoms with van der Waals surface area (Å²) in [5, 5.41) is 44.1. The minimum Gasteiger partial charge on any atom is -0.508 e. The number of rotatable bonds is 2. The number of carbonyl (C=O) groups excluding carboxylic acids is 3. The van der Waals surface area contributed by atoms with Gasteiger partial charge in [0, 0.05) is 17.1 Å². The van der Waals surface area contributed by atoms with Crippen LogP contribution in [0, 0.1) is 11.8 Å². The molecule has 1 aromatic rings. The van der Waals surface area contributed by atoms with Crippen molar-refractivity contribution in [3.8, 4) is 0 Å². The fourth-order valence-electron chi connectivity index (χ4n) is 5.10. The number of likely N-dealkylation sites (N-methyl/N-ethyl adjacent to an activating group) is 1. The normalized spacial score (nSPS) is 31.5. The van der Waals surface area contributed by atoms with Gasteiger partial charge in [0.05, 0.1) is 18.1 Å². The van der Waals surface area contributed by atoms with Gasteiger partial charge < -0.3 is 26.2 Å². The Kier molecular flexibility index (Phi) is 6.03. The zero-order valence-corrected chi connectivity index (χ0v) is 18.4. The van der Waals surface area contributed by atoms with E-state index in [-0.39, 0.29) is 12.0 Å². The van der Waals surface area contributed by atoms with Crippen molar-refractivity contribution in [1.82, 2.24) is 4.90 Å². The zero-order valence-electron chi connectivity index (χ0n) is 18.4. The summed E-state index contributed by atoms with van der Waals surface area (Å²) in [6.45, 7) is 4.00. The Bertz CT molecular complexity index is 1060. The highest BCUT2D eigenvalue weighted by atomic mass is 16.4. The van der Waals surface area contributed by atoms with Crippen LogP contribution in [0.15, 0.2) is 41.2 Å². The van der Waals surface area contributed by atoms with E-state index in [1.807, 2.05) is 13.8 Å². The van der Waals surface area contributed by atoms with E-state index in [4.69, 9.17) is 5.73 Å². The van der Waals surface area contributed by atoms with Crippen molar-refractivity contribution in [2.75, 3.05) is 14.1 Å². The van der Waals surface area contributed by atoms with Gasteiger partial charge in [0.15, 0.2) is 11.4 Å². The lowest BCUT2D eigenvalue weighted by molar-refractivity contribution is -0.168. The number of nitrogens with two attached hydrogens (primary N) is 1. The fourth-order valence-corrected chi connectivity index (χ4v) is 5.10. The summed E-state index contributed by atoms with van der Waals surface area (Å²) >= 11 is 0. The molecule has 3 aliphatic carbocycles. The van der Waals surface area contributed by atoms with E-state index >= 15 is 0 Å². The van der Waals surface area contributed by atoms with Gasteiger partial charge in [0.1, 0.15) is 17.1 Å². The van der Waals surface area contributed by atoms with E-state index in [9.17, 15) is 34.8 Å². The van der Waals surface area contributed by atoms with Crippen molar-refractivity contribution in [1.29, 1.82) is 0 Å². The van der Waals surface area contributed by atoms with Gasteiger partial charge in [0.2, 0.25) is 5.78 Å². The second kappa shape index (κ2) is 8.16. The number of nitrogens with zero attached hydrogens (tertiary/aromatic N) is 1. The summed E-state index contributed by atoms with van der Waals surface area (Å²) < 4.78 is 0. The molecule has 3 aliphatic rings. The van der Waals surface area contributed by atoms with E-state index in [2.05, 4.69) is 0 Å². The second-order valence-corrected chi connectivity index (χ2v) is 8.20. The molecule has 1 fully saturated rings. The first-order chi connectivity index (χ1) is 15.0. The minimum absolute atomic E-state index is 0.191. The first-order valence-corrected chi connectivity index (χ1v) is 10.4. The number of fused-ring (bicyclic) bond motifs is 3. The summed E-state index contributed by atoms with van der Waals surface area (Å²) in [5.74, 6) is -7.23. The molecule has 5 atom stereocenters. The summed E-state index contributed by atoms with van der Waals surface area (Å²) in [6, 6.07) is 5.47. The van der Waals surface area contributed by atoms with E-state index in [0.717, 1.165) is 0 Å². The first-order valence-electron chi connectivity index (χ1n) is 10.4. The number of aliphatic hydroxyl groups excluding tert-OH is 3. The van der Waals surface area contributed by atoms with Crippen molar-refractivity contribution in [3.63, 3.8) is 0 Å². The summed E-state index contributed by atoms with van der Waals surface area (Å²) in [6.07, 6.45) is -1.29. The highest BCUT2D eigenvalue weighted by Gasteiger charge is 2.67. The van der Waals surface area contributed by atoms with E-state index in [1.54, 1.807) is 24.3 Å². The molecule has 0 spiro atoms. The van der Waals surface area contributed by atoms with Crippen molar-refractivity contribution in [3.05, 3.63) is 52.3 Å². The molecule has 0 saturated heterocycles. The lowest BCUT2D eigenvalue weighted by Crippen LogP contribution is -2.70. The van der Waals surface area contributed by atoms with Crippen molar-refractivity contribution in [2.24, 2.45) is 17.6 Å². The molecule has 6 N–H and O–H groups in total. The smallest absolute Gasteiger partial charge is 0.255 e. The Morgan fingerprint density at radius 3 is 2.31 bits per heavy atom. The van der Waals surface area contributed by atoms with Crippen LogP contribution in [-0.2, 0) is 20.8 Å². The molecule has 0 radical (unpaired) electrons. The van der Waals surface area contributed by atoms with E-state index in [0.29, 0.717) is 11.1 Å². The van der Waals surface area contributed by atoms with Crippen LogP contribution in [0.3, 0.4) is 0 Å². The molecule has 0 heterocycles. The highest BCUT2D eigenvalue weighted by molar-refractivity contribution is 6.24. The van der Waals surface area contributed by atoms with Crippen LogP contribution in [0.1, 0.15) is 25.0 Å². The second-order valence-electron chi connectivity index (χ2n) is 8.20. The standard InChI is InChI=1S/C21H22N2O7.C2H6/c1-23(2)14-13-16(25)10-7-8-5-3-4-6-9(8)15(24)11(10)18(27)21(13,30)19(28)12(17(14)26)20(22)29;1-2/h3-6,10,13-14,16,24-25,28,30H,7H2,1-2H3,(H2,22,29);1-2H3/t10-,13-,14+,16+,21+;/m1./s1. The Morgan fingerprint density at radius 1 is 1.16 bits per heavy atom. The topological polar surface area (TPSA) is 161 Å². The van der Waals surface area contributed by atoms with Crippen LogP contribution in [0.2, 0.25) is 0 Å². The van der Waals surface area contributed by atoms with Crippen molar-refractivity contribution in [2.45, 2.75) is 38.0 Å². The average Bonchev–Trinajstić information content (AvgIpc) is 2.75. The first kappa shape index (κ1) is 23.6. The molecule has 32 heavy (non-hydrogen) atoms. The van der Waals surface area contributed by atoms with Crippen molar-refractivity contribution < 1.29 is 34.8 Å². The maximum absolute atomic E-state index is 13.5. The summed E-state index contributed by atoms with van der Waals surface area (Å²) in [5.41, 5.74) is 2.40. The third-order valence-corrected chi connectivity index (χ3v) is 6.45. The number of ketones is 2. The molecule has 9 heteroatoms. The van der Waals surface area contributed by atoms with Gasteiger partial charge in [0.25, 0.3) is 5.91 Å². The largest absolute Gasteiger partial charge is 0.508 e. The zero-order chi connectivity index (χ0) is 24.1. The maximum Gasteiger partial charge on any atom is 0.255 e. The maximum atomic E-state index is 13.5. The molecule has 1 aromatic carbocycles. The number of benzene rings is 1. The fraction of sp³-hybridized carbons (Fsp3) is 0.435. The third kappa shape index (κ3) is 3.00. The molecule has 1 saturated carbocycles. The van der Waals surface area contributed by atoms with Crippen LogP contribution in [0.25, 0.3) is 5.76 Å². The number of Topliss-reactive ketones (excluding diaryl/α,β-unsaturated/α-hetero) is 2. The number of hydrogen-bond donors (Lipinski definition) is 5. The predicted molar refractivity (Wildman–Crippen MR) is 115 cm³/mol. The van der Waals surface area contributed by atoms with Gasteiger partial charge in [-0.3, -0.25) is 19.3 Å². The highest BCUT2D eigenvalue weighted by Crippen LogP contribution is 2.51. The molecule has 4 rings (SSSR count). The Labute approximate surface area is 185 Å². The number of hydrogen-bond acceptors (Lipinski definition) is 8. The minimum atomic E-state index is -2.79. The molecule has 1 amide bonds. The molecule has 0 aromatic heterocycles. The van der Waals surface area contributed by atoms with Crippen LogP contribution < -0.4 is 5.73 Å². The number of aliphatic hydroxyl groups is 4. The summed E-state index contributed by atoms with van der Waals surface area (Å²) in [4.78, 5) is 39.6. The molecule has 0 bridgehead atoms. The van der Waals surface area contributed by atoms with Crippen molar-refractivity contribution >= 4 is 23.2 Å². The Balaban J connectivity index is 0.00000141. The third-order valence-electron chi connectivity index (χ3n) is 6.45. The number of amides is 1. The van der Waals surface area contributed by atoms with E-state index < -0.39 is 64.1 Å². The molecule has 0 aliphatic heterocycles. The molecule has 0 unspecified atom stereocenters. The Hall–Kier alpha value is -3.01. The number of primary amides is 1. The van der Waals surface area contributed by atoms with Crippen LogP contribution >= 0.6 is 0 Å². The van der Waals surface area contributed by atoms with Gasteiger partial charge >= 0.3 is 0 Å². The van der Waals surface area contributed by atoms with Crippen LogP contribution in [-0.4, -0.2) is 74.6 Å². The van der Waals surface area contributed by atoms with Gasteiger partial charge in [-0.05, 0) is 26.1 Å². The molecule has 9 nitrogen and oxygen atoms in total. The SMILES string of the molecule is CC.CN(C)[C@@H]1C(=O)C(C(N)=O)=C(O)[C@@]2(O)C(=O)C3=C(O)c4ccccc4C[C@H]3[C@H](O)[C@@H]12. The van der Waals surface area contributed by atoms with Gasteiger partial charge in [-0.2, -0.15) is 0 Å². The lowest BCUT2D eigenvalue weighted by atomic mass is 9.56. The van der Waals surface area contributed by atoms with Gasteiger partial charge in [-0.25, -0.2) is 0 Å². The van der Waals surface area contributed by atoms with Gasteiger partial charge in [-0.15, -0.1) is 0 Å². The summed E-state index contributed by atoms with van der Waals surface area (Å²) in [7, 11) is 2.97. The molecular weight excluding hydrogens is 416 g/mol. The molecular formula is C23H28N2O7. The monoisotopic (exact) mass is 444 g/mol. The molecule has 172 valence electrons. The van der Waals surface area contributed by atoms with E-state index in [1.165, 1.54) is 19.0 Å². The average molecular weight is 444 g/mol. The van der Waals surface area contributed by atoms with Crippen LogP contribution in [0.4, 0.5) is 0 Å². The predicted octanol–water partition coefficient (Wildman–Crippen LogP) is 0.255. The quantitative estimate of drug-likeness (QED) is 0.406. The lowest BCUT2D eigenvalue weighted by Gasteiger charge is -2.52. The number of carbonyl (C=O) groups is 3. The van der Waals surface area contributed by atoms with Crippen LogP contribution in [0.5, 0.6) is 0 Å².